The zero-order valence-electron chi connectivity index (χ0n) is 14.0. The Labute approximate surface area is 140 Å². The molecule has 0 bridgehead atoms. The molecule has 0 aliphatic carbocycles. The molecule has 1 fully saturated rings. The summed E-state index contributed by atoms with van der Waals surface area (Å²) < 4.78 is 5.62. The molecule has 1 aliphatic rings. The number of aryl methyl sites for hydroxylation is 1. The summed E-state index contributed by atoms with van der Waals surface area (Å²) >= 11 is 0. The van der Waals surface area contributed by atoms with E-state index < -0.39 is 0 Å². The van der Waals surface area contributed by atoms with Crippen LogP contribution in [-0.2, 0) is 11.3 Å². The quantitative estimate of drug-likeness (QED) is 0.752. The second-order valence-corrected chi connectivity index (χ2v) is 5.94. The van der Waals surface area contributed by atoms with Gasteiger partial charge in [-0.15, -0.1) is 0 Å². The fourth-order valence-electron chi connectivity index (χ4n) is 2.73. The predicted octanol–water partition coefficient (Wildman–Crippen LogP) is 0.986. The average molecular weight is 330 g/mol. The van der Waals surface area contributed by atoms with E-state index in [-0.39, 0.29) is 18.0 Å². The van der Waals surface area contributed by atoms with Crippen LogP contribution in [0.3, 0.4) is 0 Å². The van der Waals surface area contributed by atoms with E-state index in [0.29, 0.717) is 18.9 Å². The van der Waals surface area contributed by atoms with Gasteiger partial charge in [-0.05, 0) is 25.5 Å². The minimum absolute atomic E-state index is 0.000652. The van der Waals surface area contributed by atoms with Crippen LogP contribution in [0.2, 0.25) is 0 Å². The van der Waals surface area contributed by atoms with Crippen LogP contribution in [-0.4, -0.2) is 40.9 Å². The SMILES string of the molecule is CNc1ncc(CN(C)C(=O)C2CC(c3ccc(C)o3)NN2)cn1. The van der Waals surface area contributed by atoms with E-state index in [2.05, 4.69) is 26.1 Å². The van der Waals surface area contributed by atoms with Crippen LogP contribution in [0.1, 0.15) is 29.5 Å². The lowest BCUT2D eigenvalue weighted by molar-refractivity contribution is -0.132. The molecule has 1 saturated heterocycles. The summed E-state index contributed by atoms with van der Waals surface area (Å²) in [7, 11) is 3.54. The number of nitrogens with one attached hydrogen (secondary N) is 3. The predicted molar refractivity (Wildman–Crippen MR) is 88.9 cm³/mol. The van der Waals surface area contributed by atoms with E-state index in [1.165, 1.54) is 0 Å². The number of carbonyl (C=O) groups excluding carboxylic acids is 1. The maximum Gasteiger partial charge on any atom is 0.241 e. The summed E-state index contributed by atoms with van der Waals surface area (Å²) in [6, 6.07) is 3.57. The third-order valence-corrected chi connectivity index (χ3v) is 4.03. The molecule has 3 N–H and O–H groups in total. The normalized spacial score (nSPS) is 20.1. The van der Waals surface area contributed by atoms with Gasteiger partial charge in [0.15, 0.2) is 0 Å². The second-order valence-electron chi connectivity index (χ2n) is 5.94. The van der Waals surface area contributed by atoms with Gasteiger partial charge in [0, 0.05) is 38.6 Å². The van der Waals surface area contributed by atoms with Gasteiger partial charge in [-0.1, -0.05) is 0 Å². The number of amides is 1. The lowest BCUT2D eigenvalue weighted by Gasteiger charge is -2.20. The summed E-state index contributed by atoms with van der Waals surface area (Å²) in [6.07, 6.45) is 4.08. The van der Waals surface area contributed by atoms with Crippen molar-refractivity contribution in [2.24, 2.45) is 0 Å². The van der Waals surface area contributed by atoms with Crippen molar-refractivity contribution < 1.29 is 9.21 Å². The van der Waals surface area contributed by atoms with Gasteiger partial charge in [0.1, 0.15) is 17.6 Å². The van der Waals surface area contributed by atoms with Crippen LogP contribution < -0.4 is 16.2 Å². The van der Waals surface area contributed by atoms with Crippen LogP contribution in [0.25, 0.3) is 0 Å². The third kappa shape index (κ3) is 3.55. The molecule has 8 nitrogen and oxygen atoms in total. The summed E-state index contributed by atoms with van der Waals surface area (Å²) in [5.41, 5.74) is 7.07. The highest BCUT2D eigenvalue weighted by molar-refractivity contribution is 5.82. The third-order valence-electron chi connectivity index (χ3n) is 4.03. The van der Waals surface area contributed by atoms with Crippen molar-refractivity contribution in [1.82, 2.24) is 25.7 Å². The summed E-state index contributed by atoms with van der Waals surface area (Å²) in [5.74, 6) is 2.29. The second kappa shape index (κ2) is 6.98. The van der Waals surface area contributed by atoms with E-state index in [1.54, 1.807) is 31.4 Å². The number of anilines is 1. The molecule has 2 atom stereocenters. The zero-order valence-corrected chi connectivity index (χ0v) is 14.0. The van der Waals surface area contributed by atoms with Crippen LogP contribution >= 0.6 is 0 Å². The highest BCUT2D eigenvalue weighted by Crippen LogP contribution is 2.24. The lowest BCUT2D eigenvalue weighted by atomic mass is 10.1. The van der Waals surface area contributed by atoms with Crippen molar-refractivity contribution >= 4 is 11.9 Å². The monoisotopic (exact) mass is 330 g/mol. The minimum atomic E-state index is -0.289. The average Bonchev–Trinajstić information content (AvgIpc) is 3.23. The Morgan fingerprint density at radius 1 is 1.38 bits per heavy atom. The smallest absolute Gasteiger partial charge is 0.241 e. The molecule has 2 aromatic heterocycles. The molecule has 1 amide bonds. The number of carbonyl (C=O) groups is 1. The Kier molecular flexibility index (Phi) is 4.77. The highest BCUT2D eigenvalue weighted by atomic mass is 16.3. The standard InChI is InChI=1S/C16H22N6O2/c1-10-4-5-14(24-10)12-6-13(21-20-12)15(23)22(3)9-11-7-18-16(17-2)19-8-11/h4-5,7-8,12-13,20-21H,6,9H2,1-3H3,(H,17,18,19). The molecule has 2 aromatic rings. The van der Waals surface area contributed by atoms with Crippen molar-refractivity contribution in [1.29, 1.82) is 0 Å². The summed E-state index contributed by atoms with van der Waals surface area (Å²) in [6.45, 7) is 2.37. The van der Waals surface area contributed by atoms with E-state index >= 15 is 0 Å². The number of hydrogen-bond donors (Lipinski definition) is 3. The zero-order chi connectivity index (χ0) is 17.1. The van der Waals surface area contributed by atoms with Gasteiger partial charge in [0.2, 0.25) is 11.9 Å². The van der Waals surface area contributed by atoms with Crippen molar-refractivity contribution in [3.63, 3.8) is 0 Å². The number of aromatic nitrogens is 2. The molecule has 2 unspecified atom stereocenters. The van der Waals surface area contributed by atoms with Gasteiger partial charge in [0.25, 0.3) is 0 Å². The van der Waals surface area contributed by atoms with Crippen LogP contribution in [0.5, 0.6) is 0 Å². The maximum absolute atomic E-state index is 12.6. The van der Waals surface area contributed by atoms with E-state index in [9.17, 15) is 4.79 Å². The summed E-state index contributed by atoms with van der Waals surface area (Å²) in [4.78, 5) is 22.6. The first-order valence-electron chi connectivity index (χ1n) is 7.88. The number of hydrazine groups is 1. The molecular weight excluding hydrogens is 308 g/mol. The van der Waals surface area contributed by atoms with E-state index in [1.807, 2.05) is 19.1 Å². The van der Waals surface area contributed by atoms with E-state index in [0.717, 1.165) is 17.1 Å². The number of likely N-dealkylation sites (N-methyl/N-ethyl adjacent to an activating group) is 1. The largest absolute Gasteiger partial charge is 0.465 e. The van der Waals surface area contributed by atoms with Crippen molar-refractivity contribution in [2.75, 3.05) is 19.4 Å². The molecular formula is C16H22N6O2. The van der Waals surface area contributed by atoms with Crippen LogP contribution in [0.15, 0.2) is 28.9 Å². The van der Waals surface area contributed by atoms with Gasteiger partial charge in [-0.25, -0.2) is 20.8 Å². The Morgan fingerprint density at radius 3 is 2.75 bits per heavy atom. The highest BCUT2D eigenvalue weighted by Gasteiger charge is 2.33. The molecule has 24 heavy (non-hydrogen) atoms. The molecule has 3 heterocycles. The Bertz CT molecular complexity index is 699. The molecule has 0 spiro atoms. The van der Waals surface area contributed by atoms with Crippen molar-refractivity contribution in [3.05, 3.63) is 41.6 Å². The fourth-order valence-corrected chi connectivity index (χ4v) is 2.73. The van der Waals surface area contributed by atoms with Crippen LogP contribution in [0.4, 0.5) is 5.95 Å². The lowest BCUT2D eigenvalue weighted by Crippen LogP contribution is -2.43. The molecule has 128 valence electrons. The first-order chi connectivity index (χ1) is 11.6. The van der Waals surface area contributed by atoms with Crippen LogP contribution in [0, 0.1) is 6.92 Å². The van der Waals surface area contributed by atoms with Gasteiger partial charge < -0.3 is 14.6 Å². The van der Waals surface area contributed by atoms with Gasteiger partial charge in [0.05, 0.1) is 6.04 Å². The Morgan fingerprint density at radius 2 is 2.12 bits per heavy atom. The van der Waals surface area contributed by atoms with Gasteiger partial charge >= 0.3 is 0 Å². The van der Waals surface area contributed by atoms with Crippen molar-refractivity contribution in [2.45, 2.75) is 32.0 Å². The molecule has 3 rings (SSSR count). The fraction of sp³-hybridized carbons (Fsp3) is 0.438. The maximum atomic E-state index is 12.6. The molecule has 1 aliphatic heterocycles. The first-order valence-corrected chi connectivity index (χ1v) is 7.88. The molecule has 0 saturated carbocycles. The van der Waals surface area contributed by atoms with Crippen molar-refractivity contribution in [3.8, 4) is 0 Å². The Hall–Kier alpha value is -2.45. The molecule has 0 radical (unpaired) electrons. The first kappa shape index (κ1) is 16.4. The number of hydrogen-bond acceptors (Lipinski definition) is 7. The number of nitrogens with zero attached hydrogens (tertiary/aromatic N) is 3. The van der Waals surface area contributed by atoms with E-state index in [4.69, 9.17) is 4.42 Å². The van der Waals surface area contributed by atoms with Gasteiger partial charge in [-0.2, -0.15) is 0 Å². The molecule has 8 heteroatoms. The topological polar surface area (TPSA) is 95.3 Å². The summed E-state index contributed by atoms with van der Waals surface area (Å²) in [5, 5.41) is 2.87. The van der Waals surface area contributed by atoms with Gasteiger partial charge in [-0.3, -0.25) is 4.79 Å². The molecule has 0 aromatic carbocycles. The number of rotatable bonds is 5. The number of furan rings is 1. The Balaban J connectivity index is 1.57. The minimum Gasteiger partial charge on any atom is -0.465 e.